The number of halogens is 4. The van der Waals surface area contributed by atoms with E-state index in [4.69, 9.17) is 11.6 Å². The third-order valence-electron chi connectivity index (χ3n) is 4.29. The first-order valence-corrected chi connectivity index (χ1v) is 10.7. The summed E-state index contributed by atoms with van der Waals surface area (Å²) in [6.45, 7) is 1.59. The molecule has 1 amide bonds. The minimum absolute atomic E-state index is 0.00591. The Labute approximate surface area is 181 Å². The fraction of sp³-hybridized carbons (Fsp3) is 0.0952. The number of alkyl halides is 3. The summed E-state index contributed by atoms with van der Waals surface area (Å²) in [7, 11) is -4.04. The summed E-state index contributed by atoms with van der Waals surface area (Å²) in [5.41, 5.74) is -0.283. The molecule has 0 spiro atoms. The normalized spacial score (nSPS) is 11.8. The van der Waals surface area contributed by atoms with Gasteiger partial charge in [-0.05, 0) is 61.0 Å². The fourth-order valence-corrected chi connectivity index (χ4v) is 4.02. The van der Waals surface area contributed by atoms with Gasteiger partial charge in [0, 0.05) is 16.3 Å². The number of nitrogens with one attached hydrogen (secondary N) is 2. The highest BCUT2D eigenvalue weighted by molar-refractivity contribution is 7.92. The van der Waals surface area contributed by atoms with Crippen LogP contribution in [0.25, 0.3) is 0 Å². The average molecular weight is 469 g/mol. The van der Waals surface area contributed by atoms with Gasteiger partial charge in [-0.15, -0.1) is 0 Å². The van der Waals surface area contributed by atoms with Gasteiger partial charge >= 0.3 is 6.18 Å². The summed E-state index contributed by atoms with van der Waals surface area (Å²) >= 11 is 5.87. The van der Waals surface area contributed by atoms with Crippen molar-refractivity contribution in [2.45, 2.75) is 18.0 Å². The van der Waals surface area contributed by atoms with Gasteiger partial charge in [0.2, 0.25) is 0 Å². The van der Waals surface area contributed by atoms with Gasteiger partial charge in [0.1, 0.15) is 0 Å². The van der Waals surface area contributed by atoms with Gasteiger partial charge in [0.15, 0.2) is 0 Å². The Hall–Kier alpha value is -3.04. The van der Waals surface area contributed by atoms with Crippen LogP contribution in [0.4, 0.5) is 24.5 Å². The van der Waals surface area contributed by atoms with Gasteiger partial charge in [-0.3, -0.25) is 9.52 Å². The van der Waals surface area contributed by atoms with Crippen LogP contribution in [0.5, 0.6) is 0 Å². The third-order valence-corrected chi connectivity index (χ3v) is 5.90. The molecule has 0 unspecified atom stereocenters. The lowest BCUT2D eigenvalue weighted by Crippen LogP contribution is -2.17. The molecule has 0 heterocycles. The maximum Gasteiger partial charge on any atom is 0.416 e. The Balaban J connectivity index is 1.88. The predicted octanol–water partition coefficient (Wildman–Crippen LogP) is 5.72. The number of carbonyl (C=O) groups excluding carboxylic acids is 1. The highest BCUT2D eigenvalue weighted by atomic mass is 35.5. The van der Waals surface area contributed by atoms with Crippen molar-refractivity contribution in [3.63, 3.8) is 0 Å². The fourth-order valence-electron chi connectivity index (χ4n) is 2.75. The number of sulfonamides is 1. The van der Waals surface area contributed by atoms with E-state index in [0.29, 0.717) is 10.6 Å². The summed E-state index contributed by atoms with van der Waals surface area (Å²) < 4.78 is 66.4. The molecule has 0 bridgehead atoms. The zero-order chi connectivity index (χ0) is 22.8. The van der Waals surface area contributed by atoms with E-state index in [1.807, 2.05) is 0 Å². The molecule has 0 saturated heterocycles. The van der Waals surface area contributed by atoms with Crippen LogP contribution in [0.2, 0.25) is 5.02 Å². The van der Waals surface area contributed by atoms with E-state index in [-0.39, 0.29) is 21.8 Å². The Morgan fingerprint density at radius 2 is 1.61 bits per heavy atom. The lowest BCUT2D eigenvalue weighted by Gasteiger charge is -2.13. The molecular formula is C21H16ClF3N2O3S. The molecule has 31 heavy (non-hydrogen) atoms. The van der Waals surface area contributed by atoms with Crippen molar-refractivity contribution in [2.75, 3.05) is 10.0 Å². The van der Waals surface area contributed by atoms with Crippen LogP contribution in [-0.4, -0.2) is 14.3 Å². The predicted molar refractivity (Wildman–Crippen MR) is 113 cm³/mol. The van der Waals surface area contributed by atoms with E-state index < -0.39 is 27.7 Å². The van der Waals surface area contributed by atoms with Crippen molar-refractivity contribution >= 4 is 38.9 Å². The molecule has 0 aliphatic rings. The zero-order valence-corrected chi connectivity index (χ0v) is 17.6. The monoisotopic (exact) mass is 468 g/mol. The van der Waals surface area contributed by atoms with E-state index in [1.54, 1.807) is 19.1 Å². The number of hydrogen-bond acceptors (Lipinski definition) is 3. The number of aryl methyl sites for hydroxylation is 1. The molecule has 0 radical (unpaired) electrons. The molecule has 0 aliphatic carbocycles. The Bertz CT molecular complexity index is 1240. The first-order chi connectivity index (χ1) is 14.5. The molecule has 10 heteroatoms. The number of amides is 1. The Morgan fingerprint density at radius 3 is 2.29 bits per heavy atom. The van der Waals surface area contributed by atoms with Crippen LogP contribution in [0, 0.1) is 6.92 Å². The number of hydrogen-bond donors (Lipinski definition) is 2. The van der Waals surface area contributed by atoms with Gasteiger partial charge in [0.25, 0.3) is 15.9 Å². The maximum absolute atomic E-state index is 12.9. The molecule has 0 saturated carbocycles. The number of anilines is 2. The van der Waals surface area contributed by atoms with E-state index in [1.165, 1.54) is 36.4 Å². The van der Waals surface area contributed by atoms with Crippen LogP contribution >= 0.6 is 11.6 Å². The van der Waals surface area contributed by atoms with Gasteiger partial charge in [0.05, 0.1) is 16.1 Å². The molecule has 0 fully saturated rings. The molecule has 162 valence electrons. The van der Waals surface area contributed by atoms with Crippen molar-refractivity contribution in [3.8, 4) is 0 Å². The summed E-state index contributed by atoms with van der Waals surface area (Å²) in [5.74, 6) is -0.739. The van der Waals surface area contributed by atoms with E-state index >= 15 is 0 Å². The number of rotatable bonds is 5. The Kier molecular flexibility index (Phi) is 6.28. The van der Waals surface area contributed by atoms with Crippen LogP contribution < -0.4 is 10.0 Å². The highest BCUT2D eigenvalue weighted by Crippen LogP contribution is 2.31. The molecule has 3 aromatic carbocycles. The standard InChI is InChI=1S/C21H16ClF3N2O3S/c1-13-8-9-18(31(29,30)27-17-7-3-5-15(22)11-17)12-19(13)20(28)26-16-6-2-4-14(10-16)21(23,24)25/h2-12,27H,1H3,(H,26,28). The van der Waals surface area contributed by atoms with Gasteiger partial charge in [-0.1, -0.05) is 29.8 Å². The number of carbonyl (C=O) groups is 1. The summed E-state index contributed by atoms with van der Waals surface area (Å²) in [6, 6.07) is 14.2. The second kappa shape index (κ2) is 8.60. The SMILES string of the molecule is Cc1ccc(S(=O)(=O)Nc2cccc(Cl)c2)cc1C(=O)Nc1cccc(C(F)(F)F)c1. The average Bonchev–Trinajstić information content (AvgIpc) is 2.67. The van der Waals surface area contributed by atoms with Crippen LogP contribution in [-0.2, 0) is 16.2 Å². The lowest BCUT2D eigenvalue weighted by molar-refractivity contribution is -0.137. The van der Waals surface area contributed by atoms with Gasteiger partial charge < -0.3 is 5.32 Å². The topological polar surface area (TPSA) is 75.3 Å². The van der Waals surface area contributed by atoms with Crippen molar-refractivity contribution in [2.24, 2.45) is 0 Å². The summed E-state index contributed by atoms with van der Waals surface area (Å²) in [5, 5.41) is 2.71. The quantitative estimate of drug-likeness (QED) is 0.503. The van der Waals surface area contributed by atoms with E-state index in [0.717, 1.165) is 18.2 Å². The van der Waals surface area contributed by atoms with Crippen molar-refractivity contribution < 1.29 is 26.4 Å². The van der Waals surface area contributed by atoms with Gasteiger partial charge in [-0.2, -0.15) is 13.2 Å². The molecule has 3 rings (SSSR count). The number of benzene rings is 3. The molecule has 3 aromatic rings. The lowest BCUT2D eigenvalue weighted by atomic mass is 10.1. The molecule has 5 nitrogen and oxygen atoms in total. The van der Waals surface area contributed by atoms with Crippen LogP contribution in [0.1, 0.15) is 21.5 Å². The molecule has 0 atom stereocenters. The zero-order valence-electron chi connectivity index (χ0n) is 16.0. The maximum atomic E-state index is 12.9. The second-order valence-electron chi connectivity index (χ2n) is 6.63. The molecule has 0 aliphatic heterocycles. The van der Waals surface area contributed by atoms with Crippen molar-refractivity contribution in [1.29, 1.82) is 0 Å². The first kappa shape index (κ1) is 22.6. The van der Waals surface area contributed by atoms with Crippen molar-refractivity contribution in [1.82, 2.24) is 0 Å². The second-order valence-corrected chi connectivity index (χ2v) is 8.74. The third kappa shape index (κ3) is 5.56. The summed E-state index contributed by atoms with van der Waals surface area (Å²) in [4.78, 5) is 12.5. The largest absolute Gasteiger partial charge is 0.416 e. The molecule has 2 N–H and O–H groups in total. The van der Waals surface area contributed by atoms with Gasteiger partial charge in [-0.25, -0.2) is 8.42 Å². The molecule has 0 aromatic heterocycles. The minimum Gasteiger partial charge on any atom is -0.322 e. The highest BCUT2D eigenvalue weighted by Gasteiger charge is 2.30. The summed E-state index contributed by atoms with van der Waals surface area (Å²) in [6.07, 6.45) is -4.56. The van der Waals surface area contributed by atoms with Crippen molar-refractivity contribution in [3.05, 3.63) is 88.4 Å². The Morgan fingerprint density at radius 1 is 0.935 bits per heavy atom. The first-order valence-electron chi connectivity index (χ1n) is 8.83. The smallest absolute Gasteiger partial charge is 0.322 e. The van der Waals surface area contributed by atoms with E-state index in [2.05, 4.69) is 10.0 Å². The van der Waals surface area contributed by atoms with Crippen LogP contribution in [0.3, 0.4) is 0 Å². The molecular weight excluding hydrogens is 453 g/mol. The van der Waals surface area contributed by atoms with Crippen LogP contribution in [0.15, 0.2) is 71.6 Å². The van der Waals surface area contributed by atoms with E-state index in [9.17, 15) is 26.4 Å². The minimum atomic E-state index is -4.56.